The van der Waals surface area contributed by atoms with Crippen molar-refractivity contribution in [3.05, 3.63) is 17.5 Å². The molecule has 1 aromatic rings. The lowest BCUT2D eigenvalue weighted by molar-refractivity contribution is -0.151. The maximum atomic E-state index is 12.3. The van der Waals surface area contributed by atoms with Gasteiger partial charge in [0.1, 0.15) is 0 Å². The molecule has 0 aliphatic rings. The van der Waals surface area contributed by atoms with E-state index in [0.29, 0.717) is 11.5 Å². The largest absolute Gasteiger partial charge is 0.401 e. The van der Waals surface area contributed by atoms with Crippen LogP contribution in [-0.2, 0) is 13.1 Å². The van der Waals surface area contributed by atoms with Crippen molar-refractivity contribution in [3.63, 3.8) is 0 Å². The third-order valence-corrected chi connectivity index (χ3v) is 2.29. The molecule has 17 heavy (non-hydrogen) atoms. The summed E-state index contributed by atoms with van der Waals surface area (Å²) in [5.74, 6) is 0.392. The number of nitrogens with zero attached hydrogens (tertiary/aromatic N) is 2. The van der Waals surface area contributed by atoms with Gasteiger partial charge in [-0.25, -0.2) is 0 Å². The number of halogens is 3. The van der Waals surface area contributed by atoms with Crippen LogP contribution in [0.4, 0.5) is 13.2 Å². The lowest BCUT2D eigenvalue weighted by atomic mass is 10.2. The molecule has 1 heterocycles. The molecule has 7 heteroatoms. The summed E-state index contributed by atoms with van der Waals surface area (Å²) >= 11 is 0. The minimum Gasteiger partial charge on any atom is -0.360 e. The van der Waals surface area contributed by atoms with Gasteiger partial charge in [-0.3, -0.25) is 4.90 Å². The Labute approximate surface area is 97.5 Å². The molecule has 0 amide bonds. The molecule has 0 spiro atoms. The van der Waals surface area contributed by atoms with Gasteiger partial charge in [-0.15, -0.1) is 0 Å². The second kappa shape index (κ2) is 5.50. The van der Waals surface area contributed by atoms with Crippen molar-refractivity contribution in [2.24, 2.45) is 5.73 Å². The number of rotatable bonds is 5. The van der Waals surface area contributed by atoms with E-state index in [9.17, 15) is 13.2 Å². The van der Waals surface area contributed by atoms with Gasteiger partial charge in [0.05, 0.1) is 18.8 Å². The second-order valence-electron chi connectivity index (χ2n) is 4.10. The van der Waals surface area contributed by atoms with Crippen molar-refractivity contribution in [3.8, 4) is 0 Å². The second-order valence-corrected chi connectivity index (χ2v) is 4.10. The molecule has 0 atom stereocenters. The molecule has 0 radical (unpaired) electrons. The van der Waals surface area contributed by atoms with Crippen molar-refractivity contribution in [2.45, 2.75) is 39.2 Å². The molecule has 0 saturated carbocycles. The van der Waals surface area contributed by atoms with E-state index in [0.717, 1.165) is 0 Å². The molecule has 0 aliphatic carbocycles. The van der Waals surface area contributed by atoms with Crippen LogP contribution in [0.5, 0.6) is 0 Å². The Bertz CT molecular complexity index is 349. The molecule has 1 aromatic heterocycles. The fraction of sp³-hybridized carbons (Fsp3) is 0.700. The van der Waals surface area contributed by atoms with E-state index in [1.807, 2.05) is 0 Å². The first-order valence-corrected chi connectivity index (χ1v) is 5.27. The van der Waals surface area contributed by atoms with Gasteiger partial charge < -0.3 is 10.3 Å². The van der Waals surface area contributed by atoms with E-state index in [4.69, 9.17) is 10.3 Å². The number of aromatic nitrogens is 1. The summed E-state index contributed by atoms with van der Waals surface area (Å²) in [6.45, 7) is 2.72. The van der Waals surface area contributed by atoms with E-state index >= 15 is 0 Å². The molecule has 0 bridgehead atoms. The minimum atomic E-state index is -4.22. The van der Waals surface area contributed by atoms with Gasteiger partial charge in [0.25, 0.3) is 0 Å². The standard InChI is InChI=1S/C10H16F3N3O/c1-7(2)16(6-10(11,12)13)5-9-3-8(4-14)15-17-9/h3,7H,4-6,14H2,1-2H3. The van der Waals surface area contributed by atoms with Crippen molar-refractivity contribution >= 4 is 0 Å². The predicted molar refractivity (Wildman–Crippen MR) is 56.0 cm³/mol. The van der Waals surface area contributed by atoms with Gasteiger partial charge in [-0.05, 0) is 13.8 Å². The van der Waals surface area contributed by atoms with Crippen LogP contribution in [0.15, 0.2) is 10.6 Å². The fourth-order valence-electron chi connectivity index (χ4n) is 1.38. The molecule has 0 fully saturated rings. The maximum Gasteiger partial charge on any atom is 0.401 e. The summed E-state index contributed by atoms with van der Waals surface area (Å²) in [5.41, 5.74) is 5.88. The third kappa shape index (κ3) is 4.74. The first kappa shape index (κ1) is 14.0. The van der Waals surface area contributed by atoms with Crippen LogP contribution in [0.1, 0.15) is 25.3 Å². The molecular weight excluding hydrogens is 235 g/mol. The third-order valence-electron chi connectivity index (χ3n) is 2.29. The zero-order valence-corrected chi connectivity index (χ0v) is 9.79. The van der Waals surface area contributed by atoms with Gasteiger partial charge in [0, 0.05) is 18.7 Å². The highest BCUT2D eigenvalue weighted by Gasteiger charge is 2.32. The van der Waals surface area contributed by atoms with Crippen LogP contribution in [0, 0.1) is 0 Å². The zero-order valence-electron chi connectivity index (χ0n) is 9.79. The normalized spacial score (nSPS) is 12.7. The molecule has 0 unspecified atom stereocenters. The maximum absolute atomic E-state index is 12.3. The number of alkyl halides is 3. The van der Waals surface area contributed by atoms with Gasteiger partial charge in [-0.2, -0.15) is 13.2 Å². The van der Waals surface area contributed by atoms with Crippen LogP contribution in [-0.4, -0.2) is 28.8 Å². The van der Waals surface area contributed by atoms with Crippen LogP contribution in [0.25, 0.3) is 0 Å². The monoisotopic (exact) mass is 251 g/mol. The lowest BCUT2D eigenvalue weighted by Crippen LogP contribution is -2.38. The van der Waals surface area contributed by atoms with E-state index in [2.05, 4.69) is 5.16 Å². The number of hydrogen-bond donors (Lipinski definition) is 1. The first-order valence-electron chi connectivity index (χ1n) is 5.27. The van der Waals surface area contributed by atoms with E-state index in [1.165, 1.54) is 4.90 Å². The lowest BCUT2D eigenvalue weighted by Gasteiger charge is -2.26. The first-order chi connectivity index (χ1) is 7.81. The summed E-state index contributed by atoms with van der Waals surface area (Å²) in [4.78, 5) is 1.26. The van der Waals surface area contributed by atoms with Crippen LogP contribution in [0.3, 0.4) is 0 Å². The summed E-state index contributed by atoms with van der Waals surface area (Å²) in [6, 6.07) is 1.34. The van der Waals surface area contributed by atoms with E-state index in [-0.39, 0.29) is 19.1 Å². The Kier molecular flexibility index (Phi) is 4.53. The fourth-order valence-corrected chi connectivity index (χ4v) is 1.38. The Morgan fingerprint density at radius 3 is 2.53 bits per heavy atom. The Morgan fingerprint density at radius 1 is 1.47 bits per heavy atom. The molecule has 0 aliphatic heterocycles. The van der Waals surface area contributed by atoms with Crippen LogP contribution >= 0.6 is 0 Å². The number of hydrogen-bond acceptors (Lipinski definition) is 4. The topological polar surface area (TPSA) is 55.3 Å². The molecule has 0 saturated heterocycles. The SMILES string of the molecule is CC(C)N(Cc1cc(CN)no1)CC(F)(F)F. The van der Waals surface area contributed by atoms with Gasteiger partial charge >= 0.3 is 6.18 Å². The van der Waals surface area contributed by atoms with Gasteiger partial charge in [-0.1, -0.05) is 5.16 Å². The molecule has 2 N–H and O–H groups in total. The molecule has 98 valence electrons. The summed E-state index contributed by atoms with van der Waals surface area (Å²) in [6.07, 6.45) is -4.22. The van der Waals surface area contributed by atoms with E-state index < -0.39 is 12.7 Å². The molecule has 4 nitrogen and oxygen atoms in total. The van der Waals surface area contributed by atoms with Crippen LogP contribution in [0.2, 0.25) is 0 Å². The highest BCUT2D eigenvalue weighted by atomic mass is 19.4. The average Bonchev–Trinajstić information content (AvgIpc) is 2.62. The highest BCUT2D eigenvalue weighted by molar-refractivity contribution is 5.04. The van der Waals surface area contributed by atoms with Crippen molar-refractivity contribution in [1.82, 2.24) is 10.1 Å². The summed E-state index contributed by atoms with van der Waals surface area (Å²) < 4.78 is 41.9. The van der Waals surface area contributed by atoms with Crippen LogP contribution < -0.4 is 5.73 Å². The Morgan fingerprint density at radius 2 is 2.12 bits per heavy atom. The summed E-state index contributed by atoms with van der Waals surface area (Å²) in [5, 5.41) is 3.64. The average molecular weight is 251 g/mol. The minimum absolute atomic E-state index is 0.0736. The number of nitrogens with two attached hydrogens (primary N) is 1. The summed E-state index contributed by atoms with van der Waals surface area (Å²) in [7, 11) is 0. The smallest absolute Gasteiger partial charge is 0.360 e. The van der Waals surface area contributed by atoms with Crippen molar-refractivity contribution in [1.29, 1.82) is 0 Å². The van der Waals surface area contributed by atoms with Crippen molar-refractivity contribution in [2.75, 3.05) is 6.54 Å². The molecule has 0 aromatic carbocycles. The Balaban J connectivity index is 2.66. The zero-order chi connectivity index (χ0) is 13.1. The van der Waals surface area contributed by atoms with Crippen molar-refractivity contribution < 1.29 is 17.7 Å². The van der Waals surface area contributed by atoms with Gasteiger partial charge in [0.2, 0.25) is 0 Å². The quantitative estimate of drug-likeness (QED) is 0.868. The van der Waals surface area contributed by atoms with Gasteiger partial charge in [0.15, 0.2) is 5.76 Å². The Hall–Kier alpha value is -1.08. The predicted octanol–water partition coefficient (Wildman–Crippen LogP) is 1.91. The van der Waals surface area contributed by atoms with E-state index in [1.54, 1.807) is 19.9 Å². The molecular formula is C10H16F3N3O. The molecule has 1 rings (SSSR count). The highest BCUT2D eigenvalue weighted by Crippen LogP contribution is 2.20.